The minimum Gasteiger partial charge on any atom is -0.467 e. The van der Waals surface area contributed by atoms with Gasteiger partial charge in [0.15, 0.2) is 0 Å². The minimum atomic E-state index is 0.0593. The number of hydrogen-bond donors (Lipinski definition) is 1. The molecule has 0 aliphatic heterocycles. The summed E-state index contributed by atoms with van der Waals surface area (Å²) in [5, 5.41) is 3.70. The smallest absolute Gasteiger partial charge is 0.322 e. The first kappa shape index (κ1) is 12.9. The van der Waals surface area contributed by atoms with E-state index in [1.165, 1.54) is 7.11 Å². The van der Waals surface area contributed by atoms with Crippen molar-refractivity contribution in [3.05, 3.63) is 34.1 Å². The van der Waals surface area contributed by atoms with Crippen LogP contribution in [-0.4, -0.2) is 22.1 Å². The molecule has 0 radical (unpaired) electrons. The van der Waals surface area contributed by atoms with Gasteiger partial charge in [0.2, 0.25) is 11.2 Å². The molecule has 0 aliphatic carbocycles. The number of anilines is 2. The third kappa shape index (κ3) is 3.00. The Hall–Kier alpha value is -1.59. The fourth-order valence-electron chi connectivity index (χ4n) is 1.33. The molecule has 2 rings (SSSR count). The second kappa shape index (κ2) is 5.37. The van der Waals surface area contributed by atoms with E-state index in [4.69, 9.17) is 27.9 Å². The monoisotopic (exact) mass is 284 g/mol. The number of nitrogens with zero attached hydrogens (tertiary/aromatic N) is 3. The van der Waals surface area contributed by atoms with Gasteiger partial charge in [0.25, 0.3) is 0 Å². The molecule has 1 aromatic heterocycles. The Balaban J connectivity index is 2.33. The van der Waals surface area contributed by atoms with Crippen LogP contribution in [0.15, 0.2) is 18.2 Å². The highest BCUT2D eigenvalue weighted by Gasteiger charge is 2.07. The lowest BCUT2D eigenvalue weighted by atomic mass is 10.2. The van der Waals surface area contributed by atoms with Gasteiger partial charge in [-0.15, -0.1) is 0 Å². The maximum atomic E-state index is 5.93. The zero-order valence-corrected chi connectivity index (χ0v) is 11.2. The van der Waals surface area contributed by atoms with Gasteiger partial charge in [-0.05, 0) is 36.2 Å². The van der Waals surface area contributed by atoms with E-state index in [2.05, 4.69) is 20.3 Å². The summed E-state index contributed by atoms with van der Waals surface area (Å²) in [7, 11) is 1.46. The lowest BCUT2D eigenvalue weighted by Crippen LogP contribution is -2.02. The Morgan fingerprint density at radius 1 is 1.17 bits per heavy atom. The molecule has 0 amide bonds. The molecule has 0 saturated heterocycles. The van der Waals surface area contributed by atoms with Crippen molar-refractivity contribution >= 4 is 34.8 Å². The number of aryl methyl sites for hydroxylation is 1. The van der Waals surface area contributed by atoms with Crippen LogP contribution >= 0.6 is 23.2 Å². The van der Waals surface area contributed by atoms with E-state index in [1.54, 1.807) is 6.07 Å². The van der Waals surface area contributed by atoms with Gasteiger partial charge in [-0.3, -0.25) is 0 Å². The first-order chi connectivity index (χ1) is 8.58. The van der Waals surface area contributed by atoms with E-state index < -0.39 is 0 Å². The molecule has 0 atom stereocenters. The third-order valence-electron chi connectivity index (χ3n) is 2.22. The molecule has 5 nitrogen and oxygen atoms in total. The van der Waals surface area contributed by atoms with Crippen molar-refractivity contribution in [1.29, 1.82) is 0 Å². The number of nitrogens with one attached hydrogen (secondary N) is 1. The molecule has 1 aromatic carbocycles. The second-order valence-corrected chi connectivity index (χ2v) is 4.27. The van der Waals surface area contributed by atoms with Crippen molar-refractivity contribution < 1.29 is 4.74 Å². The van der Waals surface area contributed by atoms with E-state index in [9.17, 15) is 0 Å². The van der Waals surface area contributed by atoms with Crippen LogP contribution in [0.4, 0.5) is 11.6 Å². The number of rotatable bonds is 3. The highest BCUT2D eigenvalue weighted by molar-refractivity contribution is 6.30. The highest BCUT2D eigenvalue weighted by Crippen LogP contribution is 2.23. The zero-order chi connectivity index (χ0) is 13.1. The number of halogens is 2. The van der Waals surface area contributed by atoms with Crippen LogP contribution in [0.25, 0.3) is 0 Å². The summed E-state index contributed by atoms with van der Waals surface area (Å²) >= 11 is 11.7. The van der Waals surface area contributed by atoms with E-state index in [1.807, 2.05) is 19.1 Å². The molecule has 2 aromatic rings. The Morgan fingerprint density at radius 2 is 1.94 bits per heavy atom. The Kier molecular flexibility index (Phi) is 3.84. The zero-order valence-electron chi connectivity index (χ0n) is 9.74. The molecule has 0 spiro atoms. The largest absolute Gasteiger partial charge is 0.467 e. The summed E-state index contributed by atoms with van der Waals surface area (Å²) in [5.41, 5.74) is 1.81. The summed E-state index contributed by atoms with van der Waals surface area (Å²) in [6.07, 6.45) is 0. The first-order valence-corrected chi connectivity index (χ1v) is 5.83. The lowest BCUT2D eigenvalue weighted by molar-refractivity contribution is 0.379. The quantitative estimate of drug-likeness (QED) is 0.938. The normalized spacial score (nSPS) is 10.2. The Bertz CT molecular complexity index is 577. The summed E-state index contributed by atoms with van der Waals surface area (Å²) in [6.45, 7) is 1.94. The Morgan fingerprint density at radius 3 is 2.67 bits per heavy atom. The topological polar surface area (TPSA) is 59.9 Å². The van der Waals surface area contributed by atoms with Crippen LogP contribution in [-0.2, 0) is 0 Å². The molecular weight excluding hydrogens is 275 g/mol. The molecule has 0 fully saturated rings. The molecule has 1 heterocycles. The SMILES string of the molecule is COc1nc(Cl)nc(Nc2cc(Cl)ccc2C)n1. The number of benzene rings is 1. The molecule has 94 valence electrons. The van der Waals surface area contributed by atoms with Gasteiger partial charge in [-0.1, -0.05) is 17.7 Å². The maximum Gasteiger partial charge on any atom is 0.322 e. The van der Waals surface area contributed by atoms with Crippen LogP contribution in [0.5, 0.6) is 6.01 Å². The summed E-state index contributed by atoms with van der Waals surface area (Å²) in [5.74, 6) is 0.303. The van der Waals surface area contributed by atoms with Gasteiger partial charge < -0.3 is 10.1 Å². The minimum absolute atomic E-state index is 0.0593. The maximum absolute atomic E-state index is 5.93. The first-order valence-electron chi connectivity index (χ1n) is 5.07. The van der Waals surface area contributed by atoms with Gasteiger partial charge >= 0.3 is 6.01 Å². The molecule has 0 aliphatic rings. The standard InChI is InChI=1S/C11H10Cl2N4O/c1-6-3-4-7(12)5-8(6)14-10-15-9(13)16-11(17-10)18-2/h3-5H,1-2H3,(H,14,15,16,17). The van der Waals surface area contributed by atoms with Crippen molar-refractivity contribution in [2.24, 2.45) is 0 Å². The van der Waals surface area contributed by atoms with E-state index >= 15 is 0 Å². The molecule has 1 N–H and O–H groups in total. The predicted molar refractivity (Wildman–Crippen MR) is 70.9 cm³/mol. The molecule has 0 unspecified atom stereocenters. The number of ether oxygens (including phenoxy) is 1. The number of aromatic nitrogens is 3. The molecular formula is C11H10Cl2N4O. The number of methoxy groups -OCH3 is 1. The van der Waals surface area contributed by atoms with Crippen molar-refractivity contribution in [2.45, 2.75) is 6.92 Å². The predicted octanol–water partition coefficient (Wildman–Crippen LogP) is 3.24. The van der Waals surface area contributed by atoms with Crippen molar-refractivity contribution in [3.8, 4) is 6.01 Å². The Labute approximate surface area is 114 Å². The van der Waals surface area contributed by atoms with Crippen LogP contribution in [0.3, 0.4) is 0 Å². The third-order valence-corrected chi connectivity index (χ3v) is 2.62. The van der Waals surface area contributed by atoms with Gasteiger partial charge in [0.1, 0.15) is 0 Å². The van der Waals surface area contributed by atoms with Crippen molar-refractivity contribution in [2.75, 3.05) is 12.4 Å². The van der Waals surface area contributed by atoms with Crippen molar-refractivity contribution in [3.63, 3.8) is 0 Å². The van der Waals surface area contributed by atoms with E-state index in [0.717, 1.165) is 11.3 Å². The van der Waals surface area contributed by atoms with Gasteiger partial charge in [0, 0.05) is 10.7 Å². The van der Waals surface area contributed by atoms with E-state index in [0.29, 0.717) is 11.0 Å². The van der Waals surface area contributed by atoms with E-state index in [-0.39, 0.29) is 11.3 Å². The van der Waals surface area contributed by atoms with Gasteiger partial charge in [-0.2, -0.15) is 15.0 Å². The molecule has 0 saturated carbocycles. The average Bonchev–Trinajstić information content (AvgIpc) is 2.33. The molecule has 18 heavy (non-hydrogen) atoms. The highest BCUT2D eigenvalue weighted by atomic mass is 35.5. The fourth-order valence-corrected chi connectivity index (χ4v) is 1.65. The van der Waals surface area contributed by atoms with Crippen LogP contribution in [0, 0.1) is 6.92 Å². The fraction of sp³-hybridized carbons (Fsp3) is 0.182. The van der Waals surface area contributed by atoms with Crippen LogP contribution in [0.1, 0.15) is 5.56 Å². The van der Waals surface area contributed by atoms with Gasteiger partial charge in [0.05, 0.1) is 7.11 Å². The summed E-state index contributed by atoms with van der Waals surface area (Å²) < 4.78 is 4.91. The van der Waals surface area contributed by atoms with Gasteiger partial charge in [-0.25, -0.2) is 0 Å². The summed E-state index contributed by atoms with van der Waals surface area (Å²) in [4.78, 5) is 11.8. The average molecular weight is 285 g/mol. The second-order valence-electron chi connectivity index (χ2n) is 3.50. The van der Waals surface area contributed by atoms with Crippen LogP contribution < -0.4 is 10.1 Å². The van der Waals surface area contributed by atoms with Crippen molar-refractivity contribution in [1.82, 2.24) is 15.0 Å². The lowest BCUT2D eigenvalue weighted by Gasteiger charge is -2.09. The molecule has 7 heteroatoms. The number of hydrogen-bond acceptors (Lipinski definition) is 5. The summed E-state index contributed by atoms with van der Waals surface area (Å²) in [6, 6.07) is 5.63. The molecule has 0 bridgehead atoms. The van der Waals surface area contributed by atoms with Crippen LogP contribution in [0.2, 0.25) is 10.3 Å².